The van der Waals surface area contributed by atoms with Crippen LogP contribution in [-0.4, -0.2) is 24.5 Å². The van der Waals surface area contributed by atoms with E-state index in [0.717, 1.165) is 6.42 Å². The number of fused-ring (bicyclic) bond motifs is 1. The Morgan fingerprint density at radius 2 is 2.04 bits per heavy atom. The summed E-state index contributed by atoms with van der Waals surface area (Å²) >= 11 is 12.0. The molecule has 0 amide bonds. The van der Waals surface area contributed by atoms with Gasteiger partial charge in [0.05, 0.1) is 15.6 Å². The number of hydrogen-bond donors (Lipinski definition) is 0. The first kappa shape index (κ1) is 19.0. The summed E-state index contributed by atoms with van der Waals surface area (Å²) in [5.41, 5.74) is 1.68. The normalized spacial score (nSPS) is 19.6. The number of halogens is 2. The molecule has 2 aromatic rings. The average molecular weight is 419 g/mol. The van der Waals surface area contributed by atoms with Crippen molar-refractivity contribution >= 4 is 41.0 Å². The van der Waals surface area contributed by atoms with Crippen molar-refractivity contribution in [3.8, 4) is 11.5 Å². The maximum Gasteiger partial charge on any atom is 0.340 e. The molecular weight excluding hydrogens is 403 g/mol. The minimum Gasteiger partial charge on any atom is -0.452 e. The van der Waals surface area contributed by atoms with Gasteiger partial charge in [-0.2, -0.15) is 0 Å². The van der Waals surface area contributed by atoms with Crippen molar-refractivity contribution in [3.05, 3.63) is 62.8 Å². The van der Waals surface area contributed by atoms with Gasteiger partial charge in [0.25, 0.3) is 0 Å². The van der Waals surface area contributed by atoms with E-state index in [2.05, 4.69) is 0 Å². The lowest BCUT2D eigenvalue weighted by Gasteiger charge is -2.12. The Hall–Kier alpha value is -2.34. The first-order valence-electron chi connectivity index (χ1n) is 8.80. The Labute approximate surface area is 171 Å². The minimum atomic E-state index is -0.541. The number of carbonyl (C=O) groups is 2. The predicted octanol–water partition coefficient (Wildman–Crippen LogP) is 5.00. The quantitative estimate of drug-likeness (QED) is 0.398. The van der Waals surface area contributed by atoms with Gasteiger partial charge < -0.3 is 14.2 Å². The van der Waals surface area contributed by atoms with E-state index in [4.69, 9.17) is 37.4 Å². The zero-order valence-corrected chi connectivity index (χ0v) is 16.5. The predicted molar refractivity (Wildman–Crippen MR) is 105 cm³/mol. The van der Waals surface area contributed by atoms with Crippen molar-refractivity contribution in [2.45, 2.75) is 25.9 Å². The van der Waals surface area contributed by atoms with Crippen LogP contribution in [0, 0.1) is 6.92 Å². The lowest BCUT2D eigenvalue weighted by atomic mass is 10.1. The van der Waals surface area contributed by atoms with Crippen LogP contribution in [0.1, 0.15) is 34.3 Å². The number of carbonyl (C=O) groups excluding carboxylic acids is 2. The van der Waals surface area contributed by atoms with E-state index < -0.39 is 12.1 Å². The van der Waals surface area contributed by atoms with Crippen molar-refractivity contribution in [3.63, 3.8) is 0 Å². The van der Waals surface area contributed by atoms with E-state index in [1.54, 1.807) is 43.3 Å². The van der Waals surface area contributed by atoms with Gasteiger partial charge in [-0.25, -0.2) is 4.79 Å². The summed E-state index contributed by atoms with van der Waals surface area (Å²) in [6.07, 6.45) is 2.54. The van der Waals surface area contributed by atoms with Gasteiger partial charge in [0.2, 0.25) is 5.78 Å². The largest absolute Gasteiger partial charge is 0.452 e. The smallest absolute Gasteiger partial charge is 0.340 e. The highest BCUT2D eigenvalue weighted by Crippen LogP contribution is 2.39. The first-order valence-corrected chi connectivity index (χ1v) is 9.56. The summed E-state index contributed by atoms with van der Waals surface area (Å²) in [7, 11) is 0. The van der Waals surface area contributed by atoms with Gasteiger partial charge in [-0.3, -0.25) is 4.79 Å². The molecule has 0 radical (unpaired) electrons. The molecule has 2 aromatic carbocycles. The molecule has 5 nitrogen and oxygen atoms in total. The van der Waals surface area contributed by atoms with Gasteiger partial charge in [-0.1, -0.05) is 29.3 Å². The molecule has 0 aliphatic carbocycles. The molecule has 2 aliphatic heterocycles. The van der Waals surface area contributed by atoms with Crippen LogP contribution in [0.2, 0.25) is 10.0 Å². The fourth-order valence-corrected chi connectivity index (χ4v) is 3.48. The Morgan fingerprint density at radius 1 is 1.21 bits per heavy atom. The third-order valence-electron chi connectivity index (χ3n) is 4.68. The molecule has 28 heavy (non-hydrogen) atoms. The fraction of sp³-hybridized carbons (Fsp3) is 0.238. The van der Waals surface area contributed by atoms with E-state index in [1.165, 1.54) is 0 Å². The van der Waals surface area contributed by atoms with Crippen LogP contribution >= 0.6 is 23.2 Å². The molecule has 1 atom stereocenters. The van der Waals surface area contributed by atoms with Crippen LogP contribution in [-0.2, 0) is 9.53 Å². The summed E-state index contributed by atoms with van der Waals surface area (Å²) in [6.45, 7) is 2.30. The van der Waals surface area contributed by atoms with E-state index in [1.807, 2.05) is 0 Å². The van der Waals surface area contributed by atoms with E-state index in [9.17, 15) is 9.59 Å². The van der Waals surface area contributed by atoms with Crippen LogP contribution in [0.4, 0.5) is 0 Å². The van der Waals surface area contributed by atoms with E-state index in [0.29, 0.717) is 51.3 Å². The van der Waals surface area contributed by atoms with E-state index >= 15 is 0 Å². The molecule has 7 heteroatoms. The van der Waals surface area contributed by atoms with Crippen molar-refractivity contribution in [1.82, 2.24) is 0 Å². The maximum absolute atomic E-state index is 12.7. The van der Waals surface area contributed by atoms with Crippen LogP contribution < -0.4 is 9.47 Å². The molecule has 4 rings (SSSR count). The average Bonchev–Trinajstić information content (AvgIpc) is 3.31. The highest BCUT2D eigenvalue weighted by Gasteiger charge is 2.32. The minimum absolute atomic E-state index is 0.166. The Balaban J connectivity index is 1.59. The number of allylic oxidation sites excluding steroid dienone is 1. The van der Waals surface area contributed by atoms with Crippen LogP contribution in [0.25, 0.3) is 6.08 Å². The summed E-state index contributed by atoms with van der Waals surface area (Å²) in [4.78, 5) is 24.9. The highest BCUT2D eigenvalue weighted by molar-refractivity contribution is 6.42. The van der Waals surface area contributed by atoms with Gasteiger partial charge in [0.1, 0.15) is 11.5 Å². The summed E-state index contributed by atoms with van der Waals surface area (Å²) < 4.78 is 16.6. The lowest BCUT2D eigenvalue weighted by Crippen LogP contribution is -2.25. The molecular formula is C21H16Cl2O5. The molecule has 2 heterocycles. The molecule has 1 saturated heterocycles. The molecule has 0 aromatic heterocycles. The maximum atomic E-state index is 12.7. The Kier molecular flexibility index (Phi) is 5.15. The first-order chi connectivity index (χ1) is 13.4. The standard InChI is InChI=1S/C21H16Cl2O5/c1-11-16(28-21(25)17-3-2-8-26-17)7-5-13-19(24)18(27-20(11)13)10-12-4-6-14(22)15(23)9-12/h4-7,9-10,17H,2-3,8H2,1H3/b18-10-. The summed E-state index contributed by atoms with van der Waals surface area (Å²) in [5.74, 6) is 0.216. The van der Waals surface area contributed by atoms with Gasteiger partial charge in [0, 0.05) is 12.2 Å². The molecule has 0 N–H and O–H groups in total. The van der Waals surface area contributed by atoms with Gasteiger partial charge >= 0.3 is 5.97 Å². The Morgan fingerprint density at radius 3 is 2.75 bits per heavy atom. The number of esters is 1. The monoisotopic (exact) mass is 418 g/mol. The molecule has 1 unspecified atom stereocenters. The molecule has 2 aliphatic rings. The van der Waals surface area contributed by atoms with Gasteiger partial charge in [-0.05, 0) is 55.7 Å². The van der Waals surface area contributed by atoms with Crippen LogP contribution in [0.3, 0.4) is 0 Å². The number of hydrogen-bond acceptors (Lipinski definition) is 5. The summed E-state index contributed by atoms with van der Waals surface area (Å²) in [5, 5.41) is 0.817. The topological polar surface area (TPSA) is 61.8 Å². The summed E-state index contributed by atoms with van der Waals surface area (Å²) in [6, 6.07) is 8.24. The van der Waals surface area contributed by atoms with Crippen LogP contribution in [0.15, 0.2) is 36.1 Å². The van der Waals surface area contributed by atoms with Crippen molar-refractivity contribution in [1.29, 1.82) is 0 Å². The van der Waals surface area contributed by atoms with E-state index in [-0.39, 0.29) is 11.5 Å². The second kappa shape index (κ2) is 7.59. The second-order valence-electron chi connectivity index (χ2n) is 6.60. The zero-order valence-electron chi connectivity index (χ0n) is 15.0. The fourth-order valence-electron chi connectivity index (χ4n) is 3.17. The Bertz CT molecular complexity index is 1010. The zero-order chi connectivity index (χ0) is 19.8. The number of benzene rings is 2. The number of rotatable bonds is 3. The molecule has 0 bridgehead atoms. The van der Waals surface area contributed by atoms with Crippen molar-refractivity contribution < 1.29 is 23.8 Å². The number of ether oxygens (including phenoxy) is 3. The number of ketones is 1. The molecule has 0 saturated carbocycles. The van der Waals surface area contributed by atoms with Gasteiger partial charge in [0.15, 0.2) is 11.9 Å². The molecule has 144 valence electrons. The molecule has 0 spiro atoms. The van der Waals surface area contributed by atoms with Crippen LogP contribution in [0.5, 0.6) is 11.5 Å². The van der Waals surface area contributed by atoms with Crippen molar-refractivity contribution in [2.75, 3.05) is 6.61 Å². The lowest BCUT2D eigenvalue weighted by molar-refractivity contribution is -0.144. The number of Topliss-reactive ketones (excluding diaryl/α,β-unsaturated/α-hetero) is 1. The molecule has 1 fully saturated rings. The second-order valence-corrected chi connectivity index (χ2v) is 7.42. The third kappa shape index (κ3) is 3.53. The SMILES string of the molecule is Cc1c(OC(=O)C2CCCO2)ccc2c1O/C(=C\c1ccc(Cl)c(Cl)c1)C2=O. The van der Waals surface area contributed by atoms with Crippen molar-refractivity contribution in [2.24, 2.45) is 0 Å². The highest BCUT2D eigenvalue weighted by atomic mass is 35.5. The van der Waals surface area contributed by atoms with Gasteiger partial charge in [-0.15, -0.1) is 0 Å². The third-order valence-corrected chi connectivity index (χ3v) is 5.42.